The number of fused-ring (bicyclic) bond motifs is 1. The Morgan fingerprint density at radius 1 is 1.02 bits per heavy atom. The summed E-state index contributed by atoms with van der Waals surface area (Å²) >= 11 is 0. The number of phenols is 1. The van der Waals surface area contributed by atoms with E-state index < -0.39 is 42.3 Å². The van der Waals surface area contributed by atoms with Gasteiger partial charge in [-0.3, -0.25) is 19.2 Å². The molecule has 232 valence electrons. The average molecular weight is 595 g/mol. The molecule has 0 aromatic heterocycles. The molecule has 3 N–H and O–H groups in total. The van der Waals surface area contributed by atoms with E-state index in [-0.39, 0.29) is 37.0 Å². The van der Waals surface area contributed by atoms with Crippen molar-refractivity contribution in [2.75, 3.05) is 13.1 Å². The van der Waals surface area contributed by atoms with Crippen LogP contribution in [0.15, 0.2) is 54.6 Å². The van der Waals surface area contributed by atoms with E-state index in [1.807, 2.05) is 51.1 Å². The Balaban J connectivity index is 1.66. The van der Waals surface area contributed by atoms with Gasteiger partial charge < -0.3 is 25.3 Å². The summed E-state index contributed by atoms with van der Waals surface area (Å²) in [6.45, 7) is 5.98. The van der Waals surface area contributed by atoms with E-state index in [4.69, 9.17) is 4.84 Å². The number of hydrogen-bond donors (Lipinski definition) is 3. The molecule has 2 aliphatic rings. The van der Waals surface area contributed by atoms with Crippen LogP contribution >= 0.6 is 0 Å². The largest absolute Gasteiger partial charge is 0.508 e. The predicted molar refractivity (Wildman–Crippen MR) is 159 cm³/mol. The Labute approximate surface area is 252 Å². The van der Waals surface area contributed by atoms with Crippen molar-refractivity contribution in [3.8, 4) is 5.75 Å². The molecule has 2 fully saturated rings. The van der Waals surface area contributed by atoms with Crippen molar-refractivity contribution in [3.05, 3.63) is 65.7 Å². The number of hydrogen-bond acceptors (Lipinski definition) is 6. The molecule has 4 amide bonds. The first-order chi connectivity index (χ1) is 20.6. The summed E-state index contributed by atoms with van der Waals surface area (Å²) in [7, 11) is 0. The number of benzene rings is 2. The molecule has 0 aliphatic carbocycles. The summed E-state index contributed by atoms with van der Waals surface area (Å²) in [5, 5.41) is 23.7. The minimum Gasteiger partial charge on any atom is -0.508 e. The van der Waals surface area contributed by atoms with Gasteiger partial charge in [-0.2, -0.15) is 5.06 Å². The Morgan fingerprint density at radius 2 is 1.72 bits per heavy atom. The lowest BCUT2D eigenvalue weighted by molar-refractivity contribution is -0.267. The van der Waals surface area contributed by atoms with E-state index >= 15 is 0 Å². The molecule has 2 saturated heterocycles. The average Bonchev–Trinajstić information content (AvgIpc) is 2.97. The molecule has 4 atom stereocenters. The third-order valence-corrected chi connectivity index (χ3v) is 7.93. The number of hydroxylamine groups is 2. The SMILES string of the molecule is CCCC[C@@H](C(=O)NCCc1ccccc1)N1CC2N(C(=O)O)OC(CC(C)C)C(=O)N2C(Cc2ccc(O)cc2)C1=O. The number of carbonyl (C=O) groups is 4. The minimum atomic E-state index is -1.38. The van der Waals surface area contributed by atoms with Crippen LogP contribution < -0.4 is 5.32 Å². The number of aromatic hydroxyl groups is 1. The van der Waals surface area contributed by atoms with Crippen LogP contribution in [0.5, 0.6) is 5.75 Å². The highest BCUT2D eigenvalue weighted by atomic mass is 16.7. The molecule has 0 bridgehead atoms. The van der Waals surface area contributed by atoms with Crippen molar-refractivity contribution in [3.63, 3.8) is 0 Å². The number of amides is 4. The van der Waals surface area contributed by atoms with Gasteiger partial charge in [-0.05, 0) is 48.4 Å². The fourth-order valence-electron chi connectivity index (χ4n) is 5.76. The lowest BCUT2D eigenvalue weighted by atomic mass is 9.94. The number of nitrogens with one attached hydrogen (secondary N) is 1. The molecule has 0 saturated carbocycles. The molecule has 2 aromatic carbocycles. The lowest BCUT2D eigenvalue weighted by Gasteiger charge is -2.53. The Morgan fingerprint density at radius 3 is 2.35 bits per heavy atom. The summed E-state index contributed by atoms with van der Waals surface area (Å²) in [6, 6.07) is 14.1. The van der Waals surface area contributed by atoms with Crippen molar-refractivity contribution in [2.24, 2.45) is 5.92 Å². The predicted octanol–water partition coefficient (Wildman–Crippen LogP) is 3.56. The van der Waals surface area contributed by atoms with Gasteiger partial charge >= 0.3 is 6.09 Å². The van der Waals surface area contributed by atoms with E-state index in [9.17, 15) is 29.4 Å². The zero-order valence-electron chi connectivity index (χ0n) is 25.0. The minimum absolute atomic E-state index is 0.0340. The summed E-state index contributed by atoms with van der Waals surface area (Å²) in [6.07, 6.45) is -0.752. The van der Waals surface area contributed by atoms with Crippen molar-refractivity contribution in [1.82, 2.24) is 20.2 Å². The summed E-state index contributed by atoms with van der Waals surface area (Å²) < 4.78 is 0. The highest BCUT2D eigenvalue weighted by Crippen LogP contribution is 2.32. The zero-order valence-corrected chi connectivity index (χ0v) is 25.0. The highest BCUT2D eigenvalue weighted by Gasteiger charge is 2.54. The molecule has 43 heavy (non-hydrogen) atoms. The van der Waals surface area contributed by atoms with Crippen molar-refractivity contribution < 1.29 is 34.2 Å². The third kappa shape index (κ3) is 7.64. The molecule has 2 aromatic rings. The second-order valence-electron chi connectivity index (χ2n) is 11.6. The fourth-order valence-corrected chi connectivity index (χ4v) is 5.76. The Hall–Kier alpha value is -4.12. The van der Waals surface area contributed by atoms with Gasteiger partial charge in [0.05, 0.1) is 6.54 Å². The third-order valence-electron chi connectivity index (χ3n) is 7.93. The summed E-state index contributed by atoms with van der Waals surface area (Å²) in [5.41, 5.74) is 1.74. The summed E-state index contributed by atoms with van der Waals surface area (Å²) in [5.74, 6) is -1.11. The van der Waals surface area contributed by atoms with Gasteiger partial charge in [0.2, 0.25) is 11.8 Å². The molecule has 2 aliphatic heterocycles. The zero-order chi connectivity index (χ0) is 31.1. The fraction of sp³-hybridized carbons (Fsp3) is 0.500. The molecular formula is C32H42N4O7. The van der Waals surface area contributed by atoms with Crippen LogP contribution in [0.3, 0.4) is 0 Å². The van der Waals surface area contributed by atoms with Crippen LogP contribution in [0.1, 0.15) is 57.6 Å². The first-order valence-electron chi connectivity index (χ1n) is 15.0. The normalized spacial score (nSPS) is 21.1. The number of unbranched alkanes of at least 4 members (excludes halogenated alkanes) is 1. The first kappa shape index (κ1) is 31.8. The van der Waals surface area contributed by atoms with Gasteiger partial charge in [0.15, 0.2) is 12.3 Å². The van der Waals surface area contributed by atoms with Crippen molar-refractivity contribution >= 4 is 23.8 Å². The van der Waals surface area contributed by atoms with E-state index in [0.29, 0.717) is 31.4 Å². The van der Waals surface area contributed by atoms with E-state index in [1.165, 1.54) is 21.9 Å². The summed E-state index contributed by atoms with van der Waals surface area (Å²) in [4.78, 5) is 62.7. The van der Waals surface area contributed by atoms with Crippen LogP contribution in [0.4, 0.5) is 4.79 Å². The van der Waals surface area contributed by atoms with E-state index in [0.717, 1.165) is 17.0 Å². The van der Waals surface area contributed by atoms with Crippen molar-refractivity contribution in [2.45, 2.75) is 83.6 Å². The molecular weight excluding hydrogens is 552 g/mol. The molecule has 11 nitrogen and oxygen atoms in total. The number of carbonyl (C=O) groups excluding carboxylic acids is 3. The number of rotatable bonds is 12. The van der Waals surface area contributed by atoms with E-state index in [2.05, 4.69) is 5.32 Å². The maximum Gasteiger partial charge on any atom is 0.433 e. The number of piperazine rings is 1. The van der Waals surface area contributed by atoms with Gasteiger partial charge in [-0.15, -0.1) is 0 Å². The van der Waals surface area contributed by atoms with Gasteiger partial charge in [-0.25, -0.2) is 4.79 Å². The Bertz CT molecular complexity index is 1270. The molecule has 0 radical (unpaired) electrons. The number of nitrogens with zero attached hydrogens (tertiary/aromatic N) is 3. The second-order valence-corrected chi connectivity index (χ2v) is 11.6. The molecule has 3 unspecified atom stereocenters. The molecule has 0 spiro atoms. The van der Waals surface area contributed by atoms with Crippen LogP contribution in [0.2, 0.25) is 0 Å². The lowest BCUT2D eigenvalue weighted by Crippen LogP contribution is -2.75. The highest BCUT2D eigenvalue weighted by molar-refractivity contribution is 5.95. The number of carboxylic acid groups (broad SMARTS) is 1. The maximum atomic E-state index is 14.3. The molecule has 2 heterocycles. The van der Waals surface area contributed by atoms with Crippen LogP contribution in [-0.2, 0) is 32.1 Å². The van der Waals surface area contributed by atoms with E-state index in [1.54, 1.807) is 12.1 Å². The van der Waals surface area contributed by atoms with Crippen molar-refractivity contribution in [1.29, 1.82) is 0 Å². The first-order valence-corrected chi connectivity index (χ1v) is 15.0. The van der Waals surface area contributed by atoms with Gasteiger partial charge in [0.25, 0.3) is 5.91 Å². The molecule has 4 rings (SSSR count). The number of phenolic OH excluding ortho intramolecular Hbond substituents is 1. The van der Waals surface area contributed by atoms with Gasteiger partial charge in [0, 0.05) is 13.0 Å². The quantitative estimate of drug-likeness (QED) is 0.341. The van der Waals surface area contributed by atoms with Gasteiger partial charge in [-0.1, -0.05) is 76.1 Å². The maximum absolute atomic E-state index is 14.3. The van der Waals surface area contributed by atoms with Crippen LogP contribution in [0.25, 0.3) is 0 Å². The topological polar surface area (TPSA) is 140 Å². The smallest absolute Gasteiger partial charge is 0.433 e. The monoisotopic (exact) mass is 594 g/mol. The van der Waals surface area contributed by atoms with Gasteiger partial charge in [0.1, 0.15) is 17.8 Å². The second kappa shape index (κ2) is 14.4. The van der Waals surface area contributed by atoms with Crippen LogP contribution in [0, 0.1) is 5.92 Å². The Kier molecular flexibility index (Phi) is 10.6. The molecule has 11 heteroatoms. The van der Waals surface area contributed by atoms with Crippen LogP contribution in [-0.4, -0.2) is 86.3 Å². The standard InChI is InChI=1S/C32H42N4O7/c1-4-5-11-25(29(38)33-17-16-22-9-7-6-8-10-22)34-20-28-35(26(30(34)39)19-23-12-14-24(37)15-13-23)31(40)27(18-21(2)3)43-36(28)32(41)42/h6-10,12-15,21,25-28,37H,4-5,11,16-20H2,1-3H3,(H,33,38)(H,41,42)/t25-,26?,27?,28?/m0/s1.